The molecule has 1 aromatic rings. The molecule has 0 aromatic heterocycles. The number of hydrogen-bond acceptors (Lipinski definition) is 3. The van der Waals surface area contributed by atoms with Crippen LogP contribution in [0.1, 0.15) is 10.4 Å². The number of benzene rings is 1. The number of halogens is 1. The summed E-state index contributed by atoms with van der Waals surface area (Å²) in [5.74, 6) is 0. The average Bonchev–Trinajstić information content (AvgIpc) is 2.09. The molecule has 0 unspecified atom stereocenters. The van der Waals surface area contributed by atoms with E-state index in [1.807, 2.05) is 0 Å². The van der Waals surface area contributed by atoms with E-state index in [1.54, 1.807) is 25.3 Å². The van der Waals surface area contributed by atoms with Gasteiger partial charge in [0, 0.05) is 17.6 Å². The lowest BCUT2D eigenvalue weighted by molar-refractivity contribution is 0.112. The van der Waals surface area contributed by atoms with Crippen LogP contribution in [0.5, 0.6) is 0 Å². The molecular formula is C8H7ClO2S. The molecule has 12 heavy (non-hydrogen) atoms. The summed E-state index contributed by atoms with van der Waals surface area (Å²) in [7, 11) is 1.56. The van der Waals surface area contributed by atoms with Crippen LogP contribution in [0, 0.1) is 0 Å². The van der Waals surface area contributed by atoms with Gasteiger partial charge in [-0.1, -0.05) is 17.7 Å². The van der Waals surface area contributed by atoms with Crippen LogP contribution in [0.25, 0.3) is 0 Å². The molecule has 0 fully saturated rings. The summed E-state index contributed by atoms with van der Waals surface area (Å²) in [6, 6.07) is 5.05. The smallest absolute Gasteiger partial charge is 0.150 e. The third-order valence-corrected chi connectivity index (χ3v) is 2.39. The van der Waals surface area contributed by atoms with Gasteiger partial charge in [-0.25, -0.2) is 0 Å². The molecule has 0 aliphatic rings. The van der Waals surface area contributed by atoms with Crippen LogP contribution in [0.3, 0.4) is 0 Å². The predicted octanol–water partition coefficient (Wildman–Crippen LogP) is 2.81. The number of carbonyl (C=O) groups excluding carboxylic acids is 1. The molecule has 2 nitrogen and oxygen atoms in total. The van der Waals surface area contributed by atoms with Gasteiger partial charge in [-0.2, -0.15) is 0 Å². The van der Waals surface area contributed by atoms with E-state index in [0.717, 1.165) is 11.2 Å². The highest BCUT2D eigenvalue weighted by Crippen LogP contribution is 2.27. The van der Waals surface area contributed by atoms with Crippen molar-refractivity contribution in [3.8, 4) is 0 Å². The van der Waals surface area contributed by atoms with E-state index in [0.29, 0.717) is 10.6 Å². The van der Waals surface area contributed by atoms with Gasteiger partial charge in [-0.05, 0) is 12.1 Å². The second-order valence-electron chi connectivity index (χ2n) is 2.06. The normalized spacial score (nSPS) is 9.83. The molecule has 0 saturated heterocycles. The van der Waals surface area contributed by atoms with Crippen molar-refractivity contribution >= 4 is 29.9 Å². The van der Waals surface area contributed by atoms with Crippen molar-refractivity contribution in [2.24, 2.45) is 0 Å². The Morgan fingerprint density at radius 3 is 2.83 bits per heavy atom. The molecule has 0 spiro atoms. The van der Waals surface area contributed by atoms with E-state index in [1.165, 1.54) is 12.0 Å². The van der Waals surface area contributed by atoms with Crippen molar-refractivity contribution in [3.63, 3.8) is 0 Å². The molecule has 0 bridgehead atoms. The van der Waals surface area contributed by atoms with Gasteiger partial charge in [0.2, 0.25) is 0 Å². The van der Waals surface area contributed by atoms with Gasteiger partial charge in [0.1, 0.15) is 6.29 Å². The van der Waals surface area contributed by atoms with Gasteiger partial charge in [0.25, 0.3) is 0 Å². The lowest BCUT2D eigenvalue weighted by Crippen LogP contribution is -1.81. The van der Waals surface area contributed by atoms with E-state index in [4.69, 9.17) is 15.8 Å². The predicted molar refractivity (Wildman–Crippen MR) is 49.7 cm³/mol. The lowest BCUT2D eigenvalue weighted by atomic mass is 10.2. The highest BCUT2D eigenvalue weighted by molar-refractivity contribution is 7.94. The Balaban J connectivity index is 2.94. The molecule has 1 rings (SSSR count). The molecule has 0 aliphatic carbocycles. The molecular weight excluding hydrogens is 196 g/mol. The molecule has 0 amide bonds. The molecule has 0 aliphatic heterocycles. The van der Waals surface area contributed by atoms with Crippen LogP contribution in [0.4, 0.5) is 0 Å². The Hall–Kier alpha value is -0.510. The zero-order valence-corrected chi connectivity index (χ0v) is 7.98. The summed E-state index contributed by atoms with van der Waals surface area (Å²) in [6.45, 7) is 0. The highest BCUT2D eigenvalue weighted by Gasteiger charge is 2.01. The van der Waals surface area contributed by atoms with Crippen LogP contribution in [-0.4, -0.2) is 13.4 Å². The first-order valence-corrected chi connectivity index (χ1v) is 4.35. The standard InChI is InChI=1S/C8H7ClO2S/c1-11-12-8-3-2-6(5-10)4-7(8)9/h2-5H,1H3. The largest absolute Gasteiger partial charge is 0.314 e. The van der Waals surface area contributed by atoms with Gasteiger partial charge >= 0.3 is 0 Å². The summed E-state index contributed by atoms with van der Waals surface area (Å²) < 4.78 is 4.83. The Labute approximate surface area is 80.1 Å². The Morgan fingerprint density at radius 1 is 1.58 bits per heavy atom. The Kier molecular flexibility index (Phi) is 3.59. The van der Waals surface area contributed by atoms with Crippen LogP contribution in [0.15, 0.2) is 23.1 Å². The first-order chi connectivity index (χ1) is 5.77. The quantitative estimate of drug-likeness (QED) is 0.557. The fourth-order valence-electron chi connectivity index (χ4n) is 0.748. The molecule has 0 saturated carbocycles. The second kappa shape index (κ2) is 4.50. The van der Waals surface area contributed by atoms with E-state index < -0.39 is 0 Å². The molecule has 0 atom stereocenters. The Morgan fingerprint density at radius 2 is 2.33 bits per heavy atom. The summed E-state index contributed by atoms with van der Waals surface area (Å²) in [4.78, 5) is 11.1. The number of carbonyl (C=O) groups is 1. The molecule has 0 radical (unpaired) electrons. The summed E-state index contributed by atoms with van der Waals surface area (Å²) >= 11 is 7.00. The third-order valence-electron chi connectivity index (χ3n) is 1.27. The van der Waals surface area contributed by atoms with E-state index >= 15 is 0 Å². The van der Waals surface area contributed by atoms with Crippen molar-refractivity contribution in [1.29, 1.82) is 0 Å². The summed E-state index contributed by atoms with van der Waals surface area (Å²) in [6.07, 6.45) is 0.757. The van der Waals surface area contributed by atoms with Crippen LogP contribution in [-0.2, 0) is 4.18 Å². The maximum Gasteiger partial charge on any atom is 0.150 e. The minimum atomic E-state index is 0.534. The highest BCUT2D eigenvalue weighted by atomic mass is 35.5. The lowest BCUT2D eigenvalue weighted by Gasteiger charge is -2.00. The van der Waals surface area contributed by atoms with Gasteiger partial charge < -0.3 is 4.18 Å². The summed E-state index contributed by atoms with van der Waals surface area (Å²) in [5, 5.41) is 0.534. The van der Waals surface area contributed by atoms with Crippen molar-refractivity contribution in [1.82, 2.24) is 0 Å². The zero-order valence-electron chi connectivity index (χ0n) is 6.41. The average molecular weight is 203 g/mol. The van der Waals surface area contributed by atoms with E-state index in [9.17, 15) is 4.79 Å². The minimum Gasteiger partial charge on any atom is -0.314 e. The topological polar surface area (TPSA) is 26.3 Å². The number of aldehydes is 1. The van der Waals surface area contributed by atoms with Crippen molar-refractivity contribution in [2.75, 3.05) is 7.11 Å². The second-order valence-corrected chi connectivity index (χ2v) is 3.40. The maximum absolute atomic E-state index is 10.3. The van der Waals surface area contributed by atoms with E-state index in [-0.39, 0.29) is 0 Å². The minimum absolute atomic E-state index is 0.534. The van der Waals surface area contributed by atoms with Gasteiger partial charge in [0.05, 0.1) is 17.0 Å². The third kappa shape index (κ3) is 2.24. The monoisotopic (exact) mass is 202 g/mol. The van der Waals surface area contributed by atoms with Gasteiger partial charge in [-0.3, -0.25) is 4.79 Å². The SMILES string of the molecule is COSc1ccc(C=O)cc1Cl. The summed E-state index contributed by atoms with van der Waals surface area (Å²) in [5.41, 5.74) is 0.570. The molecule has 1 aromatic carbocycles. The maximum atomic E-state index is 10.3. The zero-order chi connectivity index (χ0) is 8.97. The van der Waals surface area contributed by atoms with Gasteiger partial charge in [-0.15, -0.1) is 0 Å². The van der Waals surface area contributed by atoms with Crippen molar-refractivity contribution < 1.29 is 8.98 Å². The Bertz CT molecular complexity index is 288. The molecule has 0 N–H and O–H groups in total. The molecule has 4 heteroatoms. The number of rotatable bonds is 3. The number of hydrogen-bond donors (Lipinski definition) is 0. The van der Waals surface area contributed by atoms with Crippen molar-refractivity contribution in [2.45, 2.75) is 4.90 Å². The van der Waals surface area contributed by atoms with Crippen LogP contribution >= 0.6 is 23.6 Å². The van der Waals surface area contributed by atoms with Crippen LogP contribution < -0.4 is 0 Å². The fourth-order valence-corrected chi connectivity index (χ4v) is 1.47. The van der Waals surface area contributed by atoms with Crippen molar-refractivity contribution in [3.05, 3.63) is 28.8 Å². The first kappa shape index (κ1) is 9.58. The molecule has 0 heterocycles. The van der Waals surface area contributed by atoms with E-state index in [2.05, 4.69) is 0 Å². The molecule has 64 valence electrons. The van der Waals surface area contributed by atoms with Gasteiger partial charge in [0.15, 0.2) is 0 Å². The van der Waals surface area contributed by atoms with Crippen LogP contribution in [0.2, 0.25) is 5.02 Å². The fraction of sp³-hybridized carbons (Fsp3) is 0.125. The first-order valence-electron chi connectivity index (χ1n) is 3.23.